The highest BCUT2D eigenvalue weighted by molar-refractivity contribution is 7.15. The number of nitrogens with zero attached hydrogens (tertiary/aromatic N) is 2. The average Bonchev–Trinajstić information content (AvgIpc) is 2.90. The van der Waals surface area contributed by atoms with E-state index >= 15 is 0 Å². The maximum Gasteiger partial charge on any atom is 0.194 e. The second kappa shape index (κ2) is 6.84. The summed E-state index contributed by atoms with van der Waals surface area (Å²) in [5.41, 5.74) is 2.31. The molecular weight excluding hydrogens is 250 g/mol. The lowest BCUT2D eigenvalue weighted by molar-refractivity contribution is 0.0907. The quantitative estimate of drug-likeness (QED) is 0.707. The number of aliphatic hydroxyl groups is 1. The molecule has 0 saturated carbocycles. The minimum atomic E-state index is 0.0958. The molecule has 0 fully saturated rings. The molecular formula is C12H19N3O2S. The SMILES string of the molecule is Cc1nc2sccn2c1CNCCCOCCO. The first kappa shape index (κ1) is 13.5. The third kappa shape index (κ3) is 3.29. The molecule has 0 saturated heterocycles. The summed E-state index contributed by atoms with van der Waals surface area (Å²) in [5.74, 6) is 0. The van der Waals surface area contributed by atoms with Crippen LogP contribution in [0.1, 0.15) is 17.8 Å². The molecule has 0 radical (unpaired) electrons. The molecule has 2 rings (SSSR count). The van der Waals surface area contributed by atoms with Gasteiger partial charge in [0.15, 0.2) is 4.96 Å². The highest BCUT2D eigenvalue weighted by Crippen LogP contribution is 2.16. The molecule has 0 aliphatic heterocycles. The summed E-state index contributed by atoms with van der Waals surface area (Å²) in [6, 6.07) is 0. The number of fused-ring (bicyclic) bond motifs is 1. The van der Waals surface area contributed by atoms with Crippen molar-refractivity contribution in [2.45, 2.75) is 19.9 Å². The first-order chi connectivity index (χ1) is 8.83. The van der Waals surface area contributed by atoms with E-state index < -0.39 is 0 Å². The Morgan fingerprint density at radius 1 is 1.50 bits per heavy atom. The summed E-state index contributed by atoms with van der Waals surface area (Å²) >= 11 is 1.66. The van der Waals surface area contributed by atoms with Crippen molar-refractivity contribution in [3.05, 3.63) is 23.0 Å². The van der Waals surface area contributed by atoms with Gasteiger partial charge in [-0.2, -0.15) is 0 Å². The van der Waals surface area contributed by atoms with Crippen molar-refractivity contribution >= 4 is 16.3 Å². The monoisotopic (exact) mass is 269 g/mol. The second-order valence-electron chi connectivity index (χ2n) is 4.07. The standard InChI is InChI=1S/C12H19N3O2S/c1-10-11(15-4-8-18-12(15)14-10)9-13-3-2-6-17-7-5-16/h4,8,13,16H,2-3,5-7,9H2,1H3. The molecule has 0 aliphatic rings. The van der Waals surface area contributed by atoms with Crippen molar-refractivity contribution in [1.82, 2.24) is 14.7 Å². The molecule has 2 heterocycles. The van der Waals surface area contributed by atoms with Crippen LogP contribution in [-0.4, -0.2) is 40.9 Å². The number of ether oxygens (including phenoxy) is 1. The van der Waals surface area contributed by atoms with Crippen molar-refractivity contribution in [3.8, 4) is 0 Å². The van der Waals surface area contributed by atoms with Crippen LogP contribution in [0.15, 0.2) is 11.6 Å². The predicted octanol–water partition coefficient (Wildman–Crippen LogP) is 1.19. The number of aromatic nitrogens is 2. The van der Waals surface area contributed by atoms with E-state index in [0.717, 1.165) is 30.2 Å². The molecule has 2 aromatic rings. The molecule has 0 amide bonds. The topological polar surface area (TPSA) is 58.8 Å². The zero-order valence-corrected chi connectivity index (χ0v) is 11.4. The summed E-state index contributed by atoms with van der Waals surface area (Å²) in [5, 5.41) is 14.0. The van der Waals surface area contributed by atoms with Gasteiger partial charge < -0.3 is 15.2 Å². The molecule has 0 aliphatic carbocycles. The molecule has 0 spiro atoms. The number of hydrogen-bond acceptors (Lipinski definition) is 5. The van der Waals surface area contributed by atoms with E-state index in [1.807, 2.05) is 12.3 Å². The van der Waals surface area contributed by atoms with E-state index in [2.05, 4.69) is 20.9 Å². The Morgan fingerprint density at radius 2 is 2.39 bits per heavy atom. The highest BCUT2D eigenvalue weighted by Gasteiger charge is 2.08. The maximum absolute atomic E-state index is 8.56. The fourth-order valence-electron chi connectivity index (χ4n) is 1.83. The molecule has 6 heteroatoms. The Balaban J connectivity index is 1.73. The smallest absolute Gasteiger partial charge is 0.194 e. The van der Waals surface area contributed by atoms with Crippen LogP contribution >= 0.6 is 11.3 Å². The van der Waals surface area contributed by atoms with E-state index in [4.69, 9.17) is 9.84 Å². The Labute approximate surface area is 110 Å². The Morgan fingerprint density at radius 3 is 3.22 bits per heavy atom. The van der Waals surface area contributed by atoms with Crippen molar-refractivity contribution in [1.29, 1.82) is 0 Å². The summed E-state index contributed by atoms with van der Waals surface area (Å²) in [6.07, 6.45) is 3.01. The fourth-order valence-corrected chi connectivity index (χ4v) is 2.60. The van der Waals surface area contributed by atoms with E-state index in [9.17, 15) is 0 Å². The number of hydrogen-bond donors (Lipinski definition) is 2. The van der Waals surface area contributed by atoms with Gasteiger partial charge in [0.2, 0.25) is 0 Å². The van der Waals surface area contributed by atoms with Crippen LogP contribution in [0, 0.1) is 6.92 Å². The van der Waals surface area contributed by atoms with E-state index in [1.165, 1.54) is 5.69 Å². The molecule has 18 heavy (non-hydrogen) atoms. The Bertz CT molecular complexity index is 481. The highest BCUT2D eigenvalue weighted by atomic mass is 32.1. The van der Waals surface area contributed by atoms with Crippen molar-refractivity contribution in [2.75, 3.05) is 26.4 Å². The number of rotatable bonds is 8. The van der Waals surface area contributed by atoms with E-state index in [0.29, 0.717) is 13.2 Å². The molecule has 0 aromatic carbocycles. The summed E-state index contributed by atoms with van der Waals surface area (Å²) in [6.45, 7) is 4.98. The number of aryl methyl sites for hydroxylation is 1. The molecule has 0 unspecified atom stereocenters. The minimum absolute atomic E-state index is 0.0958. The van der Waals surface area contributed by atoms with Crippen LogP contribution in [0.4, 0.5) is 0 Å². The van der Waals surface area contributed by atoms with E-state index in [-0.39, 0.29) is 6.61 Å². The third-order valence-corrected chi connectivity index (χ3v) is 3.49. The van der Waals surface area contributed by atoms with Gasteiger partial charge in [-0.3, -0.25) is 4.40 Å². The minimum Gasteiger partial charge on any atom is -0.394 e. The van der Waals surface area contributed by atoms with E-state index in [1.54, 1.807) is 11.3 Å². The number of aliphatic hydroxyl groups excluding tert-OH is 1. The molecule has 5 nitrogen and oxygen atoms in total. The third-order valence-electron chi connectivity index (χ3n) is 2.73. The Kier molecular flexibility index (Phi) is 5.12. The van der Waals surface area contributed by atoms with Gasteiger partial charge in [-0.1, -0.05) is 0 Å². The van der Waals surface area contributed by atoms with Crippen molar-refractivity contribution in [3.63, 3.8) is 0 Å². The van der Waals surface area contributed by atoms with Crippen molar-refractivity contribution < 1.29 is 9.84 Å². The zero-order chi connectivity index (χ0) is 12.8. The second-order valence-corrected chi connectivity index (χ2v) is 4.94. The number of thiazole rings is 1. The maximum atomic E-state index is 8.56. The van der Waals surface area contributed by atoms with Crippen LogP contribution in [0.5, 0.6) is 0 Å². The lowest BCUT2D eigenvalue weighted by Gasteiger charge is -2.05. The molecule has 2 N–H and O–H groups in total. The Hall–Kier alpha value is -0.950. The lowest BCUT2D eigenvalue weighted by Crippen LogP contribution is -2.18. The van der Waals surface area contributed by atoms with Gasteiger partial charge in [0.25, 0.3) is 0 Å². The number of imidazole rings is 1. The summed E-state index contributed by atoms with van der Waals surface area (Å²) < 4.78 is 7.33. The van der Waals surface area contributed by atoms with Crippen LogP contribution in [0.25, 0.3) is 4.96 Å². The predicted molar refractivity (Wildman–Crippen MR) is 72.0 cm³/mol. The van der Waals surface area contributed by atoms with Gasteiger partial charge >= 0.3 is 0 Å². The molecule has 2 aromatic heterocycles. The largest absolute Gasteiger partial charge is 0.394 e. The summed E-state index contributed by atoms with van der Waals surface area (Å²) in [4.78, 5) is 5.55. The molecule has 0 atom stereocenters. The summed E-state index contributed by atoms with van der Waals surface area (Å²) in [7, 11) is 0. The first-order valence-corrected chi connectivity index (χ1v) is 7.01. The van der Waals surface area contributed by atoms with Crippen LogP contribution in [-0.2, 0) is 11.3 Å². The van der Waals surface area contributed by atoms with Gasteiger partial charge in [-0.25, -0.2) is 4.98 Å². The zero-order valence-electron chi connectivity index (χ0n) is 10.6. The van der Waals surface area contributed by atoms with Crippen molar-refractivity contribution in [2.24, 2.45) is 0 Å². The number of nitrogens with one attached hydrogen (secondary N) is 1. The van der Waals surface area contributed by atoms with Gasteiger partial charge in [0.05, 0.1) is 24.6 Å². The first-order valence-electron chi connectivity index (χ1n) is 6.13. The van der Waals surface area contributed by atoms with Gasteiger partial charge in [-0.15, -0.1) is 11.3 Å². The van der Waals surface area contributed by atoms with Gasteiger partial charge in [0, 0.05) is 24.7 Å². The molecule has 100 valence electrons. The van der Waals surface area contributed by atoms with Crippen LogP contribution in [0.2, 0.25) is 0 Å². The van der Waals surface area contributed by atoms with Gasteiger partial charge in [0.1, 0.15) is 0 Å². The van der Waals surface area contributed by atoms with Crippen LogP contribution < -0.4 is 5.32 Å². The molecule has 0 bridgehead atoms. The lowest BCUT2D eigenvalue weighted by atomic mass is 10.3. The average molecular weight is 269 g/mol. The van der Waals surface area contributed by atoms with Crippen LogP contribution in [0.3, 0.4) is 0 Å². The van der Waals surface area contributed by atoms with Gasteiger partial charge in [-0.05, 0) is 19.9 Å². The fraction of sp³-hybridized carbons (Fsp3) is 0.583. The normalized spacial score (nSPS) is 11.4.